The van der Waals surface area contributed by atoms with Crippen LogP contribution in [0.5, 0.6) is 0 Å². The molecule has 2 N–H and O–H groups in total. The first kappa shape index (κ1) is 26.3. The predicted octanol–water partition coefficient (Wildman–Crippen LogP) is 3.08. The van der Waals surface area contributed by atoms with Gasteiger partial charge in [0.1, 0.15) is 5.70 Å². The Kier molecular flexibility index (Phi) is 7.26. The maximum absolute atomic E-state index is 14.0. The highest BCUT2D eigenvalue weighted by atomic mass is 19.3. The number of nitrogens with zero attached hydrogens (tertiary/aromatic N) is 6. The molecule has 1 atom stereocenters. The number of alkyl halides is 2. The molecule has 1 saturated carbocycles. The predicted molar refractivity (Wildman–Crippen MR) is 137 cm³/mol. The van der Waals surface area contributed by atoms with Crippen LogP contribution in [0.1, 0.15) is 63.3 Å². The molecule has 4 heterocycles. The number of hydrogen-bond acceptors (Lipinski definition) is 6. The smallest absolute Gasteiger partial charge is 0.317 e. The van der Waals surface area contributed by atoms with Gasteiger partial charge in [-0.25, -0.2) is 28.1 Å². The molecular formula is C26H36F2N8O2. The monoisotopic (exact) mass is 530 g/mol. The number of fused-ring (bicyclic) bond motifs is 1. The molecule has 10 nitrogen and oxygen atoms in total. The molecule has 2 fully saturated rings. The summed E-state index contributed by atoms with van der Waals surface area (Å²) >= 11 is 0. The molecule has 2 aliphatic heterocycles. The largest absolute Gasteiger partial charge is 0.342 e. The zero-order chi connectivity index (χ0) is 27.0. The summed E-state index contributed by atoms with van der Waals surface area (Å²) in [5.74, 6) is -3.09. The SMILES string of the molecule is CC(C)N1C(C(=O)NC(c2cn3ncc(CN4CCCNC4=O)cc3n2)C2CCC(F)(F)CC2)=CCN1C. The summed E-state index contributed by atoms with van der Waals surface area (Å²) in [6.45, 7) is 6.43. The van der Waals surface area contributed by atoms with Crippen molar-refractivity contribution >= 4 is 17.6 Å². The Hall–Kier alpha value is -3.28. The molecule has 3 aliphatic rings. The van der Waals surface area contributed by atoms with Crippen LogP contribution in [0.3, 0.4) is 0 Å². The van der Waals surface area contributed by atoms with Crippen LogP contribution in [0.4, 0.5) is 13.6 Å². The topological polar surface area (TPSA) is 98.1 Å². The van der Waals surface area contributed by atoms with Gasteiger partial charge in [-0.1, -0.05) is 0 Å². The number of halogens is 2. The van der Waals surface area contributed by atoms with Gasteiger partial charge in [-0.3, -0.25) is 9.80 Å². The summed E-state index contributed by atoms with van der Waals surface area (Å²) < 4.78 is 29.6. The number of rotatable bonds is 7. The van der Waals surface area contributed by atoms with Gasteiger partial charge in [0.25, 0.3) is 5.91 Å². The first-order valence-corrected chi connectivity index (χ1v) is 13.4. The van der Waals surface area contributed by atoms with Crippen molar-refractivity contribution in [3.63, 3.8) is 0 Å². The van der Waals surface area contributed by atoms with Crippen molar-refractivity contribution in [1.29, 1.82) is 0 Å². The summed E-state index contributed by atoms with van der Waals surface area (Å²) in [5.41, 5.74) is 2.57. The normalized spacial score (nSPS) is 21.6. The molecule has 0 aromatic carbocycles. The van der Waals surface area contributed by atoms with Gasteiger partial charge in [0.15, 0.2) is 5.65 Å². The van der Waals surface area contributed by atoms with E-state index in [0.29, 0.717) is 56.1 Å². The van der Waals surface area contributed by atoms with Gasteiger partial charge in [0.2, 0.25) is 5.92 Å². The molecular weight excluding hydrogens is 494 g/mol. The van der Waals surface area contributed by atoms with Gasteiger partial charge in [0, 0.05) is 52.1 Å². The molecule has 5 rings (SSSR count). The maximum Gasteiger partial charge on any atom is 0.317 e. The van der Waals surface area contributed by atoms with Crippen LogP contribution in [0.2, 0.25) is 0 Å². The molecule has 0 radical (unpaired) electrons. The number of hydrogen-bond donors (Lipinski definition) is 2. The fourth-order valence-electron chi connectivity index (χ4n) is 5.72. The Morgan fingerprint density at radius 2 is 2.05 bits per heavy atom. The van der Waals surface area contributed by atoms with Crippen molar-refractivity contribution in [2.45, 2.75) is 70.5 Å². The molecule has 12 heteroatoms. The standard InChI is InChI=1S/C26H36F2N8O2/c1-17(2)36-21(7-12-33(36)3)24(37)32-23(19-5-8-26(27,28)9-6-19)20-16-35-22(31-20)13-18(14-30-35)15-34-11-4-10-29-25(34)38/h7,13-14,16-17,19,23H,4-6,8-12,15H2,1-3H3,(H,29,38)(H,32,37). The van der Waals surface area contributed by atoms with Crippen molar-refractivity contribution in [2.75, 3.05) is 26.7 Å². The summed E-state index contributed by atoms with van der Waals surface area (Å²) in [6.07, 6.45) is 6.41. The molecule has 38 heavy (non-hydrogen) atoms. The number of nitrogens with one attached hydrogen (secondary N) is 2. The van der Waals surface area contributed by atoms with E-state index in [1.54, 1.807) is 21.8 Å². The van der Waals surface area contributed by atoms with Crippen LogP contribution >= 0.6 is 0 Å². The minimum atomic E-state index is -2.67. The molecule has 3 amide bonds. The van der Waals surface area contributed by atoms with Crippen LogP contribution in [0.15, 0.2) is 30.2 Å². The van der Waals surface area contributed by atoms with E-state index < -0.39 is 12.0 Å². The Morgan fingerprint density at radius 3 is 2.76 bits per heavy atom. The Bertz CT molecular complexity index is 1220. The van der Waals surface area contributed by atoms with E-state index in [2.05, 4.69) is 15.7 Å². The first-order chi connectivity index (χ1) is 18.1. The number of carbonyl (C=O) groups is 2. The Labute approximate surface area is 221 Å². The average Bonchev–Trinajstić information content (AvgIpc) is 3.47. The van der Waals surface area contributed by atoms with Crippen molar-refractivity contribution in [1.82, 2.24) is 40.1 Å². The van der Waals surface area contributed by atoms with E-state index in [-0.39, 0.29) is 36.7 Å². The molecule has 0 bridgehead atoms. The van der Waals surface area contributed by atoms with Crippen LogP contribution < -0.4 is 10.6 Å². The highest BCUT2D eigenvalue weighted by Gasteiger charge is 2.40. The summed E-state index contributed by atoms with van der Waals surface area (Å²) in [5, 5.41) is 14.4. The van der Waals surface area contributed by atoms with Gasteiger partial charge in [-0.2, -0.15) is 5.10 Å². The van der Waals surface area contributed by atoms with Crippen LogP contribution in [-0.2, 0) is 11.3 Å². The second-order valence-electron chi connectivity index (χ2n) is 10.9. The van der Waals surface area contributed by atoms with Gasteiger partial charge in [0.05, 0.1) is 24.1 Å². The second-order valence-corrected chi connectivity index (χ2v) is 10.9. The fraction of sp³-hybridized carbons (Fsp3) is 0.615. The lowest BCUT2D eigenvalue weighted by molar-refractivity contribution is -0.122. The van der Waals surface area contributed by atoms with Crippen molar-refractivity contribution < 1.29 is 18.4 Å². The number of likely N-dealkylation sites (N-methyl/N-ethyl adjacent to an activating group) is 1. The van der Waals surface area contributed by atoms with Crippen LogP contribution in [-0.4, -0.2) is 80.1 Å². The second kappa shape index (κ2) is 10.5. The van der Waals surface area contributed by atoms with Crippen molar-refractivity contribution in [3.8, 4) is 0 Å². The van der Waals surface area contributed by atoms with Crippen LogP contribution in [0, 0.1) is 5.92 Å². The number of urea groups is 1. The Morgan fingerprint density at radius 1 is 1.29 bits per heavy atom. The summed E-state index contributed by atoms with van der Waals surface area (Å²) in [7, 11) is 1.93. The molecule has 1 aliphatic carbocycles. The third kappa shape index (κ3) is 5.45. The number of amides is 3. The minimum absolute atomic E-state index is 0.0890. The zero-order valence-electron chi connectivity index (χ0n) is 22.2. The van der Waals surface area contributed by atoms with E-state index in [1.165, 1.54) is 0 Å². The van der Waals surface area contributed by atoms with E-state index >= 15 is 0 Å². The fourth-order valence-corrected chi connectivity index (χ4v) is 5.72. The number of aromatic nitrogens is 3. The third-order valence-corrected chi connectivity index (χ3v) is 7.66. The number of hydrazine groups is 1. The van der Waals surface area contributed by atoms with E-state index in [4.69, 9.17) is 4.98 Å². The summed E-state index contributed by atoms with van der Waals surface area (Å²) in [4.78, 5) is 32.2. The molecule has 206 valence electrons. The average molecular weight is 531 g/mol. The van der Waals surface area contributed by atoms with Crippen molar-refractivity contribution in [3.05, 3.63) is 41.5 Å². The molecule has 2 aromatic rings. The minimum Gasteiger partial charge on any atom is -0.342 e. The van der Waals surface area contributed by atoms with Crippen molar-refractivity contribution in [2.24, 2.45) is 5.92 Å². The Balaban J connectivity index is 1.40. The maximum atomic E-state index is 14.0. The summed E-state index contributed by atoms with van der Waals surface area (Å²) in [6, 6.07) is 1.34. The van der Waals surface area contributed by atoms with Gasteiger partial charge >= 0.3 is 6.03 Å². The van der Waals surface area contributed by atoms with E-state index in [0.717, 1.165) is 12.0 Å². The number of imidazole rings is 1. The lowest BCUT2D eigenvalue weighted by Crippen LogP contribution is -2.45. The lowest BCUT2D eigenvalue weighted by Gasteiger charge is -2.35. The van der Waals surface area contributed by atoms with E-state index in [1.807, 2.05) is 43.1 Å². The zero-order valence-corrected chi connectivity index (χ0v) is 22.2. The van der Waals surface area contributed by atoms with Gasteiger partial charge in [-0.15, -0.1) is 0 Å². The quantitative estimate of drug-likeness (QED) is 0.571. The van der Waals surface area contributed by atoms with Gasteiger partial charge < -0.3 is 15.5 Å². The lowest BCUT2D eigenvalue weighted by atomic mass is 9.81. The van der Waals surface area contributed by atoms with Gasteiger partial charge in [-0.05, 0) is 56.7 Å². The molecule has 1 saturated heterocycles. The van der Waals surface area contributed by atoms with E-state index in [9.17, 15) is 18.4 Å². The highest BCUT2D eigenvalue weighted by Crippen LogP contribution is 2.41. The molecule has 0 spiro atoms. The molecule has 2 aromatic heterocycles. The molecule has 1 unspecified atom stereocenters. The third-order valence-electron chi connectivity index (χ3n) is 7.66. The van der Waals surface area contributed by atoms with Crippen LogP contribution in [0.25, 0.3) is 5.65 Å². The highest BCUT2D eigenvalue weighted by molar-refractivity contribution is 5.93. The number of carbonyl (C=O) groups excluding carboxylic acids is 2. The first-order valence-electron chi connectivity index (χ1n) is 13.4.